The van der Waals surface area contributed by atoms with Crippen LogP contribution in [0.5, 0.6) is 0 Å². The van der Waals surface area contributed by atoms with E-state index >= 15 is 0 Å². The van der Waals surface area contributed by atoms with E-state index in [-0.39, 0.29) is 0 Å². The Kier molecular flexibility index (Phi) is 3.35. The summed E-state index contributed by atoms with van der Waals surface area (Å²) in [5.41, 5.74) is 8.36. The van der Waals surface area contributed by atoms with Crippen molar-refractivity contribution < 1.29 is 0 Å². The van der Waals surface area contributed by atoms with E-state index in [1.165, 1.54) is 0 Å². The highest BCUT2D eigenvalue weighted by Crippen LogP contribution is 2.33. The molecule has 2 N–H and O–H groups in total. The maximum absolute atomic E-state index is 6.03. The van der Waals surface area contributed by atoms with E-state index in [0.29, 0.717) is 10.7 Å². The second-order valence-corrected chi connectivity index (χ2v) is 6.25. The van der Waals surface area contributed by atoms with Crippen LogP contribution in [0.1, 0.15) is 0 Å². The van der Waals surface area contributed by atoms with Gasteiger partial charge in [-0.15, -0.1) is 11.3 Å². The third-order valence-electron chi connectivity index (χ3n) is 2.62. The third-order valence-corrected chi connectivity index (χ3v) is 4.55. The van der Waals surface area contributed by atoms with Crippen LogP contribution < -0.4 is 5.73 Å². The molecule has 3 rings (SSSR count). The molecule has 0 atom stereocenters. The largest absolute Gasteiger partial charge is 0.396 e. The summed E-state index contributed by atoms with van der Waals surface area (Å²) in [6, 6.07) is 9.51. The minimum atomic E-state index is 0.648. The number of anilines is 1. The first-order chi connectivity index (χ1) is 9.13. The predicted octanol–water partition coefficient (Wildman–Crippen LogP) is 4.60. The molecule has 2 aromatic heterocycles. The third kappa shape index (κ3) is 2.54. The molecule has 0 aliphatic rings. The van der Waals surface area contributed by atoms with Gasteiger partial charge in [-0.3, -0.25) is 0 Å². The zero-order valence-electron chi connectivity index (χ0n) is 9.68. The predicted molar refractivity (Wildman–Crippen MR) is 84.0 cm³/mol. The summed E-state index contributed by atoms with van der Waals surface area (Å²) in [6.07, 6.45) is 1.80. The number of thiophene rings is 1. The first-order valence-electron chi connectivity index (χ1n) is 5.49. The van der Waals surface area contributed by atoms with Crippen LogP contribution in [0, 0.1) is 0 Å². The highest BCUT2D eigenvalue weighted by molar-refractivity contribution is 9.10. The number of nitrogens with zero attached hydrogens (tertiary/aromatic N) is 2. The Hall–Kier alpha value is -1.30. The summed E-state index contributed by atoms with van der Waals surface area (Å²) in [5, 5.41) is 7.21. The van der Waals surface area contributed by atoms with Crippen molar-refractivity contribution in [1.29, 1.82) is 0 Å². The number of rotatable bonds is 2. The van der Waals surface area contributed by atoms with E-state index in [0.717, 1.165) is 20.7 Å². The molecule has 0 amide bonds. The van der Waals surface area contributed by atoms with Gasteiger partial charge in [0, 0.05) is 14.9 Å². The van der Waals surface area contributed by atoms with E-state index < -0.39 is 0 Å². The summed E-state index contributed by atoms with van der Waals surface area (Å²) in [6.45, 7) is 0. The molecule has 3 aromatic rings. The molecule has 0 bridgehead atoms. The van der Waals surface area contributed by atoms with Gasteiger partial charge in [-0.25, -0.2) is 4.68 Å². The van der Waals surface area contributed by atoms with Crippen molar-refractivity contribution in [2.45, 2.75) is 0 Å². The Labute approximate surface area is 127 Å². The summed E-state index contributed by atoms with van der Waals surface area (Å²) >= 11 is 11.0. The molecule has 96 valence electrons. The Morgan fingerprint density at radius 3 is 2.84 bits per heavy atom. The number of hydrogen-bond donors (Lipinski definition) is 1. The van der Waals surface area contributed by atoms with Gasteiger partial charge >= 0.3 is 0 Å². The van der Waals surface area contributed by atoms with Gasteiger partial charge in [-0.1, -0.05) is 17.7 Å². The zero-order valence-corrected chi connectivity index (χ0v) is 12.8. The molecule has 0 aliphatic heterocycles. The molecule has 0 saturated heterocycles. The maximum atomic E-state index is 6.03. The van der Waals surface area contributed by atoms with Crippen molar-refractivity contribution in [2.75, 3.05) is 5.73 Å². The van der Waals surface area contributed by atoms with Gasteiger partial charge in [0.15, 0.2) is 0 Å². The van der Waals surface area contributed by atoms with Crippen molar-refractivity contribution in [3.05, 3.63) is 51.4 Å². The first-order valence-corrected chi connectivity index (χ1v) is 7.54. The topological polar surface area (TPSA) is 43.8 Å². The quantitative estimate of drug-likeness (QED) is 0.731. The number of nitrogens with two attached hydrogens (primary N) is 1. The lowest BCUT2D eigenvalue weighted by Gasteiger charge is -2.00. The van der Waals surface area contributed by atoms with Crippen molar-refractivity contribution in [1.82, 2.24) is 9.78 Å². The van der Waals surface area contributed by atoms with Crippen LogP contribution in [-0.4, -0.2) is 9.78 Å². The Morgan fingerprint density at radius 2 is 2.16 bits per heavy atom. The van der Waals surface area contributed by atoms with E-state index in [2.05, 4.69) is 21.0 Å². The summed E-state index contributed by atoms with van der Waals surface area (Å²) in [7, 11) is 0. The standard InChI is InChI=1S/C13H9BrClN3S/c14-8-4-12(19-7-8)13-11(16)6-18(17-13)10-3-1-2-9(15)5-10/h1-7H,16H2. The number of hydrogen-bond acceptors (Lipinski definition) is 3. The molecule has 6 heteroatoms. The minimum absolute atomic E-state index is 0.648. The lowest BCUT2D eigenvalue weighted by Crippen LogP contribution is -1.94. The highest BCUT2D eigenvalue weighted by atomic mass is 79.9. The van der Waals surface area contributed by atoms with E-state index in [1.807, 2.05) is 35.7 Å². The molecule has 1 aromatic carbocycles. The van der Waals surface area contributed by atoms with Gasteiger partial charge in [0.05, 0.1) is 22.4 Å². The Bertz CT molecular complexity index is 735. The SMILES string of the molecule is Nc1cn(-c2cccc(Cl)c2)nc1-c1cc(Br)cs1. The van der Waals surface area contributed by atoms with Gasteiger partial charge in [-0.2, -0.15) is 5.10 Å². The van der Waals surface area contributed by atoms with Gasteiger partial charge in [0.1, 0.15) is 5.69 Å². The summed E-state index contributed by atoms with van der Waals surface area (Å²) in [4.78, 5) is 1.03. The fourth-order valence-corrected chi connectivity index (χ4v) is 3.39. The zero-order chi connectivity index (χ0) is 13.4. The van der Waals surface area contributed by atoms with Crippen molar-refractivity contribution >= 4 is 44.6 Å². The molecular formula is C13H9BrClN3S. The van der Waals surface area contributed by atoms with Crippen LogP contribution in [0.3, 0.4) is 0 Å². The molecule has 2 heterocycles. The maximum Gasteiger partial charge on any atom is 0.126 e. The van der Waals surface area contributed by atoms with Gasteiger partial charge in [0.25, 0.3) is 0 Å². The first kappa shape index (κ1) is 12.7. The van der Waals surface area contributed by atoms with Crippen molar-refractivity contribution in [3.63, 3.8) is 0 Å². The number of aromatic nitrogens is 2. The van der Waals surface area contributed by atoms with Gasteiger partial charge in [0.2, 0.25) is 0 Å². The second kappa shape index (κ2) is 5.00. The molecule has 0 saturated carbocycles. The minimum Gasteiger partial charge on any atom is -0.396 e. The molecule has 0 unspecified atom stereocenters. The van der Waals surface area contributed by atoms with E-state index in [1.54, 1.807) is 22.2 Å². The molecular weight excluding hydrogens is 346 g/mol. The average molecular weight is 355 g/mol. The number of benzene rings is 1. The lowest BCUT2D eigenvalue weighted by molar-refractivity contribution is 0.885. The highest BCUT2D eigenvalue weighted by Gasteiger charge is 2.11. The van der Waals surface area contributed by atoms with Gasteiger partial charge < -0.3 is 5.73 Å². The van der Waals surface area contributed by atoms with Crippen molar-refractivity contribution in [2.24, 2.45) is 0 Å². The van der Waals surface area contributed by atoms with Gasteiger partial charge in [-0.05, 0) is 40.2 Å². The van der Waals surface area contributed by atoms with Crippen LogP contribution >= 0.6 is 38.9 Å². The molecule has 0 spiro atoms. The van der Waals surface area contributed by atoms with Crippen LogP contribution in [-0.2, 0) is 0 Å². The molecule has 0 radical (unpaired) electrons. The van der Waals surface area contributed by atoms with Crippen LogP contribution in [0.2, 0.25) is 5.02 Å². The van der Waals surface area contributed by atoms with Crippen molar-refractivity contribution in [3.8, 4) is 16.3 Å². The van der Waals surface area contributed by atoms with E-state index in [9.17, 15) is 0 Å². The fourth-order valence-electron chi connectivity index (χ4n) is 1.77. The smallest absolute Gasteiger partial charge is 0.126 e. The van der Waals surface area contributed by atoms with E-state index in [4.69, 9.17) is 17.3 Å². The van der Waals surface area contributed by atoms with Crippen LogP contribution in [0.15, 0.2) is 46.4 Å². The molecule has 0 fully saturated rings. The summed E-state index contributed by atoms with van der Waals surface area (Å²) < 4.78 is 2.77. The molecule has 0 aliphatic carbocycles. The molecule has 3 nitrogen and oxygen atoms in total. The normalized spacial score (nSPS) is 10.8. The number of halogens is 2. The lowest BCUT2D eigenvalue weighted by atomic mass is 10.3. The fraction of sp³-hybridized carbons (Fsp3) is 0. The summed E-state index contributed by atoms with van der Waals surface area (Å²) in [5.74, 6) is 0. The Morgan fingerprint density at radius 1 is 1.32 bits per heavy atom. The van der Waals surface area contributed by atoms with Crippen LogP contribution in [0.4, 0.5) is 5.69 Å². The monoisotopic (exact) mass is 353 g/mol. The molecule has 19 heavy (non-hydrogen) atoms. The van der Waals surface area contributed by atoms with Crippen LogP contribution in [0.25, 0.3) is 16.3 Å². The number of nitrogen functional groups attached to an aromatic ring is 1. The second-order valence-electron chi connectivity index (χ2n) is 3.99. The Balaban J connectivity index is 2.06. The average Bonchev–Trinajstić information content (AvgIpc) is 2.95.